The van der Waals surface area contributed by atoms with Gasteiger partial charge in [0.1, 0.15) is 5.58 Å². The van der Waals surface area contributed by atoms with Crippen LogP contribution in [-0.2, 0) is 0 Å². The molecule has 0 bridgehead atoms. The van der Waals surface area contributed by atoms with E-state index in [1.807, 2.05) is 38.1 Å². The lowest BCUT2D eigenvalue weighted by atomic mass is 10.1. The summed E-state index contributed by atoms with van der Waals surface area (Å²) >= 11 is 11.7. The van der Waals surface area contributed by atoms with Crippen LogP contribution in [0, 0.1) is 13.8 Å². The number of amides is 1. The number of halogens is 1. The van der Waals surface area contributed by atoms with E-state index in [0.29, 0.717) is 33.0 Å². The molecule has 4 aromatic rings. The Morgan fingerprint density at radius 2 is 1.72 bits per heavy atom. The Bertz CT molecular complexity index is 1430. The highest BCUT2D eigenvalue weighted by Crippen LogP contribution is 2.30. The Balaban J connectivity index is 1.51. The van der Waals surface area contributed by atoms with Gasteiger partial charge in [-0.05, 0) is 73.6 Å². The first-order valence-corrected chi connectivity index (χ1v) is 10.6. The molecule has 0 aliphatic carbocycles. The highest BCUT2D eigenvalue weighted by atomic mass is 35.5. The molecule has 160 valence electrons. The van der Waals surface area contributed by atoms with Crippen LogP contribution in [0.4, 0.5) is 5.69 Å². The molecule has 5 nitrogen and oxygen atoms in total. The molecule has 0 saturated heterocycles. The van der Waals surface area contributed by atoms with Gasteiger partial charge in [0.25, 0.3) is 5.91 Å². The van der Waals surface area contributed by atoms with E-state index in [4.69, 9.17) is 28.2 Å². The topological polar surface area (TPSA) is 71.3 Å². The van der Waals surface area contributed by atoms with Gasteiger partial charge in [0.15, 0.2) is 5.11 Å². The Hall–Kier alpha value is -3.48. The third kappa shape index (κ3) is 4.56. The van der Waals surface area contributed by atoms with Crippen LogP contribution in [0.2, 0.25) is 5.02 Å². The maximum atomic E-state index is 12.4. The fourth-order valence-electron chi connectivity index (χ4n) is 3.28. The number of hydrogen-bond acceptors (Lipinski definition) is 4. The zero-order chi connectivity index (χ0) is 22.8. The summed E-state index contributed by atoms with van der Waals surface area (Å²) in [6.07, 6.45) is 0. The molecular weight excluding hydrogens is 444 g/mol. The first-order valence-electron chi connectivity index (χ1n) is 9.84. The number of carbonyl (C=O) groups is 1. The third-order valence-electron chi connectivity index (χ3n) is 5.15. The standard InChI is InChI=1S/C25H19ClN2O3S/c1-14-7-8-17(11-15(14)2)23(29)28-25(32)27-18-9-10-19(21(26)13-18)20-12-16-5-3-4-6-22(16)31-24(20)30/h3-13H,1-2H3,(H2,27,28,29,32). The number of benzene rings is 3. The summed E-state index contributed by atoms with van der Waals surface area (Å²) in [6, 6.07) is 19.6. The molecule has 7 heteroatoms. The van der Waals surface area contributed by atoms with Crippen LogP contribution >= 0.6 is 23.8 Å². The zero-order valence-electron chi connectivity index (χ0n) is 17.4. The summed E-state index contributed by atoms with van der Waals surface area (Å²) in [5, 5.41) is 6.90. The van der Waals surface area contributed by atoms with Crippen LogP contribution in [0.1, 0.15) is 21.5 Å². The van der Waals surface area contributed by atoms with Crippen molar-refractivity contribution in [2.24, 2.45) is 0 Å². The molecule has 0 atom stereocenters. The predicted octanol–water partition coefficient (Wildman–Crippen LogP) is 5.86. The lowest BCUT2D eigenvalue weighted by molar-refractivity contribution is 0.0977. The normalized spacial score (nSPS) is 10.7. The molecule has 2 N–H and O–H groups in total. The van der Waals surface area contributed by atoms with E-state index in [1.54, 1.807) is 42.5 Å². The highest BCUT2D eigenvalue weighted by Gasteiger charge is 2.13. The van der Waals surface area contributed by atoms with Crippen molar-refractivity contribution in [1.29, 1.82) is 0 Å². The molecule has 0 aliphatic heterocycles. The highest BCUT2D eigenvalue weighted by molar-refractivity contribution is 7.80. The zero-order valence-corrected chi connectivity index (χ0v) is 18.9. The summed E-state index contributed by atoms with van der Waals surface area (Å²) in [5.74, 6) is -0.304. The van der Waals surface area contributed by atoms with E-state index < -0.39 is 5.63 Å². The van der Waals surface area contributed by atoms with Crippen LogP contribution in [-0.4, -0.2) is 11.0 Å². The van der Waals surface area contributed by atoms with Gasteiger partial charge in [-0.1, -0.05) is 41.9 Å². The van der Waals surface area contributed by atoms with E-state index in [0.717, 1.165) is 16.5 Å². The number of aryl methyl sites for hydroxylation is 2. The first kappa shape index (κ1) is 21.7. The molecule has 4 rings (SSSR count). The van der Waals surface area contributed by atoms with E-state index in [1.165, 1.54) is 0 Å². The summed E-state index contributed by atoms with van der Waals surface area (Å²) in [7, 11) is 0. The first-order chi connectivity index (χ1) is 15.3. The summed E-state index contributed by atoms with van der Waals surface area (Å²) in [4.78, 5) is 24.9. The number of fused-ring (bicyclic) bond motifs is 1. The molecule has 0 radical (unpaired) electrons. The lowest BCUT2D eigenvalue weighted by Gasteiger charge is -2.12. The second kappa shape index (κ2) is 8.94. The van der Waals surface area contributed by atoms with E-state index >= 15 is 0 Å². The molecule has 1 aromatic heterocycles. The Morgan fingerprint density at radius 1 is 0.938 bits per heavy atom. The van der Waals surface area contributed by atoms with Crippen molar-refractivity contribution in [2.45, 2.75) is 13.8 Å². The van der Waals surface area contributed by atoms with Gasteiger partial charge < -0.3 is 9.73 Å². The van der Waals surface area contributed by atoms with Gasteiger partial charge in [-0.15, -0.1) is 0 Å². The molecule has 0 fully saturated rings. The van der Waals surface area contributed by atoms with E-state index in [9.17, 15) is 9.59 Å². The number of carbonyl (C=O) groups excluding carboxylic acids is 1. The Labute approximate surface area is 195 Å². The van der Waals surface area contributed by atoms with Gasteiger partial charge in [-0.25, -0.2) is 4.79 Å². The average molecular weight is 463 g/mol. The van der Waals surface area contributed by atoms with Crippen LogP contribution in [0.15, 0.2) is 75.9 Å². The molecule has 1 amide bonds. The summed E-state index contributed by atoms with van der Waals surface area (Å²) in [6.45, 7) is 3.93. The number of thiocarbonyl (C=S) groups is 1. The van der Waals surface area contributed by atoms with Crippen LogP contribution in [0.5, 0.6) is 0 Å². The Kier molecular flexibility index (Phi) is 6.08. The minimum absolute atomic E-state index is 0.141. The minimum atomic E-state index is -0.470. The van der Waals surface area contributed by atoms with Crippen LogP contribution in [0.25, 0.3) is 22.1 Å². The van der Waals surface area contributed by atoms with E-state index in [2.05, 4.69) is 10.6 Å². The van der Waals surface area contributed by atoms with Crippen molar-refractivity contribution in [3.05, 3.63) is 98.9 Å². The molecule has 0 spiro atoms. The maximum absolute atomic E-state index is 12.4. The van der Waals surface area contributed by atoms with Gasteiger partial charge in [-0.3, -0.25) is 10.1 Å². The number of nitrogens with one attached hydrogen (secondary N) is 2. The van der Waals surface area contributed by atoms with Crippen LogP contribution in [0.3, 0.4) is 0 Å². The van der Waals surface area contributed by atoms with Gasteiger partial charge in [0, 0.05) is 22.2 Å². The van der Waals surface area contributed by atoms with E-state index in [-0.39, 0.29) is 11.0 Å². The van der Waals surface area contributed by atoms with Crippen molar-refractivity contribution in [1.82, 2.24) is 5.32 Å². The molecule has 0 aliphatic rings. The number of anilines is 1. The smallest absolute Gasteiger partial charge is 0.344 e. The molecule has 0 unspecified atom stereocenters. The molecule has 0 saturated carbocycles. The maximum Gasteiger partial charge on any atom is 0.344 e. The molecule has 3 aromatic carbocycles. The number of rotatable bonds is 3. The largest absolute Gasteiger partial charge is 0.422 e. The second-order valence-electron chi connectivity index (χ2n) is 7.39. The van der Waals surface area contributed by atoms with Crippen molar-refractivity contribution in [3.8, 4) is 11.1 Å². The summed E-state index contributed by atoms with van der Waals surface area (Å²) < 4.78 is 5.40. The van der Waals surface area contributed by atoms with Crippen molar-refractivity contribution < 1.29 is 9.21 Å². The van der Waals surface area contributed by atoms with Crippen molar-refractivity contribution in [2.75, 3.05) is 5.32 Å². The van der Waals surface area contributed by atoms with Crippen molar-refractivity contribution >= 4 is 51.5 Å². The van der Waals surface area contributed by atoms with Gasteiger partial charge in [0.05, 0.1) is 10.6 Å². The number of hydrogen-bond donors (Lipinski definition) is 2. The van der Waals surface area contributed by atoms with Crippen LogP contribution < -0.4 is 16.3 Å². The molecule has 32 heavy (non-hydrogen) atoms. The molecule has 1 heterocycles. The summed E-state index contributed by atoms with van der Waals surface area (Å²) in [5.41, 5.74) is 4.19. The van der Waals surface area contributed by atoms with Gasteiger partial charge in [0.2, 0.25) is 0 Å². The number of para-hydroxylation sites is 1. The van der Waals surface area contributed by atoms with Crippen molar-refractivity contribution in [3.63, 3.8) is 0 Å². The predicted molar refractivity (Wildman–Crippen MR) is 133 cm³/mol. The monoisotopic (exact) mass is 462 g/mol. The van der Waals surface area contributed by atoms with Gasteiger partial charge in [-0.2, -0.15) is 0 Å². The third-order valence-corrected chi connectivity index (χ3v) is 5.67. The van der Waals surface area contributed by atoms with Gasteiger partial charge >= 0.3 is 5.63 Å². The fraction of sp³-hybridized carbons (Fsp3) is 0.0800. The quantitative estimate of drug-likeness (QED) is 0.295. The lowest BCUT2D eigenvalue weighted by Crippen LogP contribution is -2.34. The minimum Gasteiger partial charge on any atom is -0.422 e. The Morgan fingerprint density at radius 3 is 2.47 bits per heavy atom. The SMILES string of the molecule is Cc1ccc(C(=O)NC(=S)Nc2ccc(-c3cc4ccccc4oc3=O)c(Cl)c2)cc1C. The average Bonchev–Trinajstić information content (AvgIpc) is 2.75. The fourth-order valence-corrected chi connectivity index (χ4v) is 3.77. The molecular formula is C25H19ClN2O3S. The second-order valence-corrected chi connectivity index (χ2v) is 8.20.